The van der Waals surface area contributed by atoms with Crippen LogP contribution in [0.25, 0.3) is 10.8 Å². The minimum atomic E-state index is -2.01. The van der Waals surface area contributed by atoms with Gasteiger partial charge in [-0.3, -0.25) is 0 Å². The van der Waals surface area contributed by atoms with Crippen LogP contribution in [0.3, 0.4) is 0 Å². The van der Waals surface area contributed by atoms with Gasteiger partial charge in [0.2, 0.25) is 0 Å². The summed E-state index contributed by atoms with van der Waals surface area (Å²) in [6, 6.07) is 14.1. The molecule has 0 aliphatic carbocycles. The second-order valence-electron chi connectivity index (χ2n) is 7.24. The van der Waals surface area contributed by atoms with Crippen molar-refractivity contribution in [3.8, 4) is 0 Å². The van der Waals surface area contributed by atoms with E-state index in [1.807, 2.05) is 0 Å². The molecule has 0 unspecified atom stereocenters. The second kappa shape index (κ2) is 5.01. The SMILES string of the molecule is [CH3][Sn]([CH3])([CH3])[c]1ccc2ccc[c]([Sn]([CH3])([CH3])[CH3])c2c1. The van der Waals surface area contributed by atoms with E-state index in [1.54, 1.807) is 12.5 Å². The Morgan fingerprint density at radius 3 is 1.94 bits per heavy atom. The third-order valence-electron chi connectivity index (χ3n) is 3.56. The molecule has 0 bridgehead atoms. The molecule has 0 fully saturated rings. The van der Waals surface area contributed by atoms with E-state index in [4.69, 9.17) is 0 Å². The van der Waals surface area contributed by atoms with Crippen LogP contribution in [0.2, 0.25) is 29.6 Å². The van der Waals surface area contributed by atoms with Crippen LogP contribution in [0, 0.1) is 0 Å². The normalized spacial score (nSPS) is 13.0. The van der Waals surface area contributed by atoms with Crippen LogP contribution in [-0.2, 0) is 0 Å². The van der Waals surface area contributed by atoms with E-state index in [9.17, 15) is 0 Å². The van der Waals surface area contributed by atoms with Crippen molar-refractivity contribution in [2.75, 3.05) is 0 Å². The average molecular weight is 454 g/mol. The molecule has 0 spiro atoms. The summed E-state index contributed by atoms with van der Waals surface area (Å²) in [6.07, 6.45) is 0. The quantitative estimate of drug-likeness (QED) is 0.605. The van der Waals surface area contributed by atoms with E-state index in [2.05, 4.69) is 66.0 Å². The number of hydrogen-bond acceptors (Lipinski definition) is 0. The second-order valence-corrected chi connectivity index (χ2v) is 36.1. The van der Waals surface area contributed by atoms with Crippen molar-refractivity contribution in [2.24, 2.45) is 0 Å². The van der Waals surface area contributed by atoms with Gasteiger partial charge in [0.25, 0.3) is 0 Å². The Morgan fingerprint density at radius 1 is 0.722 bits per heavy atom. The van der Waals surface area contributed by atoms with Gasteiger partial charge < -0.3 is 0 Å². The molecule has 2 heteroatoms. The van der Waals surface area contributed by atoms with Gasteiger partial charge in [-0.15, -0.1) is 0 Å². The Hall–Kier alpha value is 0.297. The van der Waals surface area contributed by atoms with Crippen molar-refractivity contribution < 1.29 is 0 Å². The Bertz CT molecular complexity index is 572. The summed E-state index contributed by atoms with van der Waals surface area (Å²) in [7, 11) is 0. The summed E-state index contributed by atoms with van der Waals surface area (Å²) >= 11 is -3.96. The first-order valence-electron chi connectivity index (χ1n) is 6.73. The molecule has 2 aromatic carbocycles. The van der Waals surface area contributed by atoms with E-state index in [0.29, 0.717) is 0 Å². The molecule has 0 saturated heterocycles. The monoisotopic (exact) mass is 456 g/mol. The molecule has 0 atom stereocenters. The van der Waals surface area contributed by atoms with Crippen molar-refractivity contribution in [1.82, 2.24) is 0 Å². The molecule has 18 heavy (non-hydrogen) atoms. The van der Waals surface area contributed by atoms with E-state index < -0.39 is 36.8 Å². The molecule has 0 N–H and O–H groups in total. The third kappa shape index (κ3) is 3.06. The zero-order chi connectivity index (χ0) is 13.6. The Labute approximate surface area is 120 Å². The molecule has 0 heterocycles. The van der Waals surface area contributed by atoms with Gasteiger partial charge in [-0.25, -0.2) is 0 Å². The number of rotatable bonds is 2. The molecule has 0 radical (unpaired) electrons. The molecule has 0 saturated carbocycles. The number of fused-ring (bicyclic) bond motifs is 1. The number of hydrogen-bond donors (Lipinski definition) is 0. The summed E-state index contributed by atoms with van der Waals surface area (Å²) in [6.45, 7) is 0. The van der Waals surface area contributed by atoms with Crippen LogP contribution in [0.5, 0.6) is 0 Å². The van der Waals surface area contributed by atoms with Crippen LogP contribution in [0.4, 0.5) is 0 Å². The summed E-state index contributed by atoms with van der Waals surface area (Å²) in [5, 5.41) is 2.98. The Kier molecular flexibility index (Phi) is 4.09. The zero-order valence-corrected chi connectivity index (χ0v) is 18.2. The Morgan fingerprint density at radius 2 is 1.39 bits per heavy atom. The molecule has 0 amide bonds. The Balaban J connectivity index is 2.74. The van der Waals surface area contributed by atoms with Crippen molar-refractivity contribution in [3.63, 3.8) is 0 Å². The predicted molar refractivity (Wildman–Crippen MR) is 89.9 cm³/mol. The summed E-state index contributed by atoms with van der Waals surface area (Å²) in [5.41, 5.74) is 0. The van der Waals surface area contributed by atoms with Gasteiger partial charge in [-0.2, -0.15) is 0 Å². The predicted octanol–water partition coefficient (Wildman–Crippen LogP) is 3.93. The third-order valence-corrected chi connectivity index (χ3v) is 15.2. The van der Waals surface area contributed by atoms with Crippen LogP contribution in [0.15, 0.2) is 36.4 Å². The van der Waals surface area contributed by atoms with Crippen molar-refractivity contribution in [2.45, 2.75) is 29.6 Å². The van der Waals surface area contributed by atoms with Gasteiger partial charge in [-0.1, -0.05) is 0 Å². The van der Waals surface area contributed by atoms with Gasteiger partial charge in [0.05, 0.1) is 0 Å². The molecule has 96 valence electrons. The van der Waals surface area contributed by atoms with E-state index in [1.165, 1.54) is 5.39 Å². The first-order valence-corrected chi connectivity index (χ1v) is 26.7. The van der Waals surface area contributed by atoms with Crippen molar-refractivity contribution >= 4 is 54.7 Å². The topological polar surface area (TPSA) is 0 Å². The summed E-state index contributed by atoms with van der Waals surface area (Å²) in [5.74, 6) is 0. The average Bonchev–Trinajstić information content (AvgIpc) is 2.25. The minimum absolute atomic E-state index is 1.43. The molecule has 0 aliphatic heterocycles. The van der Waals surface area contributed by atoms with Crippen LogP contribution >= 0.6 is 0 Å². The fourth-order valence-electron chi connectivity index (χ4n) is 2.39. The standard InChI is InChI=1S/C10H6.6CH3.2Sn/c1-2-6-10-8-4-3-7-9(10)5-1;;;;;;;;/h1-3,5,7-8H;6*1H3;;. The van der Waals surface area contributed by atoms with Gasteiger partial charge in [0, 0.05) is 0 Å². The van der Waals surface area contributed by atoms with Gasteiger partial charge in [0.15, 0.2) is 0 Å². The number of benzene rings is 2. The molecule has 2 rings (SSSR count). The van der Waals surface area contributed by atoms with E-state index in [-0.39, 0.29) is 0 Å². The van der Waals surface area contributed by atoms with Gasteiger partial charge >= 0.3 is 121 Å². The maximum atomic E-state index is 2.52. The van der Waals surface area contributed by atoms with Crippen molar-refractivity contribution in [3.05, 3.63) is 36.4 Å². The molecular formula is C16H24Sn2. The fraction of sp³-hybridized carbons (Fsp3) is 0.375. The fourth-order valence-corrected chi connectivity index (χ4v) is 10.3. The molecule has 0 aromatic heterocycles. The van der Waals surface area contributed by atoms with Crippen molar-refractivity contribution in [1.29, 1.82) is 0 Å². The van der Waals surface area contributed by atoms with Crippen LogP contribution < -0.4 is 7.16 Å². The maximum absolute atomic E-state index is 2.52. The first kappa shape index (κ1) is 14.7. The van der Waals surface area contributed by atoms with E-state index in [0.717, 1.165) is 0 Å². The zero-order valence-electron chi connectivity index (χ0n) is 12.5. The summed E-state index contributed by atoms with van der Waals surface area (Å²) < 4.78 is 3.33. The van der Waals surface area contributed by atoms with E-state index >= 15 is 0 Å². The molecule has 0 nitrogen and oxygen atoms in total. The first-order chi connectivity index (χ1) is 8.19. The molecule has 0 aliphatic rings. The van der Waals surface area contributed by atoms with Gasteiger partial charge in [0.1, 0.15) is 0 Å². The van der Waals surface area contributed by atoms with Crippen LogP contribution in [-0.4, -0.2) is 36.8 Å². The molecular weight excluding hydrogens is 430 g/mol. The molecule has 2 aromatic rings. The van der Waals surface area contributed by atoms with Crippen LogP contribution in [0.1, 0.15) is 0 Å². The summed E-state index contributed by atoms with van der Waals surface area (Å²) in [4.78, 5) is 15.0. The van der Waals surface area contributed by atoms with Gasteiger partial charge in [-0.05, 0) is 0 Å².